The molecule has 0 atom stereocenters. The fraction of sp³-hybridized carbons (Fsp3) is 0.600. The molecule has 0 bridgehead atoms. The molecule has 0 aliphatic heterocycles. The average Bonchev–Trinajstić information content (AvgIpc) is 2.30. The maximum Gasteiger partial charge on any atom is 0.118 e. The summed E-state index contributed by atoms with van der Waals surface area (Å²) in [6, 6.07) is 7.67. The monoisotopic (exact) mass is 404 g/mol. The molecule has 1 N–H and O–H groups in total. The quantitative estimate of drug-likeness (QED) is 0.624. The Kier molecular flexibility index (Phi) is 10.7. The summed E-state index contributed by atoms with van der Waals surface area (Å²) in [5.74, 6) is 0.452. The summed E-state index contributed by atoms with van der Waals surface area (Å²) >= 11 is 0. The summed E-state index contributed by atoms with van der Waals surface area (Å²) in [7, 11) is 0. The van der Waals surface area contributed by atoms with Crippen LogP contribution in [0, 0.1) is 0 Å². The van der Waals surface area contributed by atoms with Crippen molar-refractivity contribution < 1.29 is 26.2 Å². The van der Waals surface area contributed by atoms with Crippen LogP contribution >= 0.6 is 0 Å². The van der Waals surface area contributed by atoms with Crippen molar-refractivity contribution in [1.29, 1.82) is 0 Å². The number of rotatable bonds is 8. The molecular formula is C15H24OW. The van der Waals surface area contributed by atoms with Crippen LogP contribution in [0.1, 0.15) is 57.4 Å². The van der Waals surface area contributed by atoms with E-state index >= 15 is 0 Å². The molecule has 0 heterocycles. The van der Waals surface area contributed by atoms with E-state index in [4.69, 9.17) is 0 Å². The smallest absolute Gasteiger partial charge is 0.118 e. The zero-order valence-electron chi connectivity index (χ0n) is 10.8. The number of aryl methyl sites for hydroxylation is 1. The summed E-state index contributed by atoms with van der Waals surface area (Å²) in [6.45, 7) is 2.25. The van der Waals surface area contributed by atoms with Gasteiger partial charge in [-0.2, -0.15) is 0 Å². The van der Waals surface area contributed by atoms with Crippen molar-refractivity contribution in [3.05, 3.63) is 29.8 Å². The summed E-state index contributed by atoms with van der Waals surface area (Å²) in [6.07, 6.45) is 10.3. The molecule has 0 aliphatic rings. The first-order chi connectivity index (χ1) is 7.84. The van der Waals surface area contributed by atoms with Crippen molar-refractivity contribution in [2.24, 2.45) is 0 Å². The largest absolute Gasteiger partial charge is 0.508 e. The van der Waals surface area contributed by atoms with E-state index in [2.05, 4.69) is 6.92 Å². The van der Waals surface area contributed by atoms with Crippen molar-refractivity contribution in [3.8, 4) is 5.75 Å². The van der Waals surface area contributed by atoms with E-state index in [0.717, 1.165) is 12.0 Å². The van der Waals surface area contributed by atoms with Crippen LogP contribution in [0.25, 0.3) is 0 Å². The molecule has 1 aromatic carbocycles. The minimum atomic E-state index is 0. The number of unbranched alkanes of at least 4 members (excludes halogenated alkanes) is 6. The molecule has 0 amide bonds. The zero-order chi connectivity index (χ0) is 11.6. The van der Waals surface area contributed by atoms with E-state index in [0.29, 0.717) is 5.75 Å². The minimum Gasteiger partial charge on any atom is -0.508 e. The predicted octanol–water partition coefficient (Wildman–Crippen LogP) is 4.68. The molecule has 0 saturated heterocycles. The first-order valence-corrected chi connectivity index (χ1v) is 6.61. The van der Waals surface area contributed by atoms with E-state index in [1.807, 2.05) is 18.2 Å². The number of benzene rings is 1. The van der Waals surface area contributed by atoms with Crippen molar-refractivity contribution in [2.75, 3.05) is 0 Å². The van der Waals surface area contributed by atoms with Gasteiger partial charge in [0.2, 0.25) is 0 Å². The van der Waals surface area contributed by atoms with Gasteiger partial charge in [0.25, 0.3) is 0 Å². The fourth-order valence-electron chi connectivity index (χ4n) is 1.99. The molecule has 0 saturated carbocycles. The van der Waals surface area contributed by atoms with Crippen LogP contribution in [0.15, 0.2) is 24.3 Å². The van der Waals surface area contributed by atoms with Crippen LogP contribution in [-0.4, -0.2) is 5.11 Å². The first kappa shape index (κ1) is 16.7. The van der Waals surface area contributed by atoms with Gasteiger partial charge < -0.3 is 5.11 Å². The summed E-state index contributed by atoms with van der Waals surface area (Å²) in [5.41, 5.74) is 1.09. The van der Waals surface area contributed by atoms with Crippen LogP contribution in [0.3, 0.4) is 0 Å². The minimum absolute atomic E-state index is 0. The number of hydrogen-bond acceptors (Lipinski definition) is 1. The third kappa shape index (κ3) is 7.60. The molecule has 1 rings (SSSR count). The SMILES string of the molecule is CCCCCCCCCc1ccccc1O.[W]. The Labute approximate surface area is 120 Å². The van der Waals surface area contributed by atoms with Gasteiger partial charge in [-0.25, -0.2) is 0 Å². The molecule has 0 radical (unpaired) electrons. The molecule has 1 aromatic rings. The van der Waals surface area contributed by atoms with Crippen LogP contribution in [0.2, 0.25) is 0 Å². The van der Waals surface area contributed by atoms with E-state index in [-0.39, 0.29) is 21.1 Å². The molecule has 96 valence electrons. The third-order valence-electron chi connectivity index (χ3n) is 3.04. The summed E-state index contributed by atoms with van der Waals surface area (Å²) < 4.78 is 0. The Bertz CT molecular complexity index is 286. The second kappa shape index (κ2) is 10.8. The van der Waals surface area contributed by atoms with Gasteiger partial charge in [-0.15, -0.1) is 0 Å². The Balaban J connectivity index is 0.00000256. The Hall–Kier alpha value is -0.292. The van der Waals surface area contributed by atoms with Gasteiger partial charge in [0, 0.05) is 21.1 Å². The van der Waals surface area contributed by atoms with Crippen LogP contribution < -0.4 is 0 Å². The summed E-state index contributed by atoms with van der Waals surface area (Å²) in [5, 5.41) is 9.58. The Morgan fingerprint density at radius 3 is 2.12 bits per heavy atom. The maximum absolute atomic E-state index is 9.58. The van der Waals surface area contributed by atoms with E-state index < -0.39 is 0 Å². The zero-order valence-corrected chi connectivity index (χ0v) is 13.8. The van der Waals surface area contributed by atoms with E-state index in [1.54, 1.807) is 6.07 Å². The number of para-hydroxylation sites is 1. The number of phenols is 1. The Morgan fingerprint density at radius 1 is 0.882 bits per heavy atom. The number of hydrogen-bond donors (Lipinski definition) is 1. The van der Waals surface area contributed by atoms with Crippen LogP contribution in [-0.2, 0) is 27.5 Å². The topological polar surface area (TPSA) is 20.2 Å². The second-order valence-corrected chi connectivity index (χ2v) is 4.50. The molecule has 17 heavy (non-hydrogen) atoms. The van der Waals surface area contributed by atoms with Gasteiger partial charge in [0.05, 0.1) is 0 Å². The first-order valence-electron chi connectivity index (χ1n) is 6.61. The van der Waals surface area contributed by atoms with Crippen LogP contribution in [0.5, 0.6) is 5.75 Å². The predicted molar refractivity (Wildman–Crippen MR) is 69.8 cm³/mol. The van der Waals surface area contributed by atoms with E-state index in [1.165, 1.54) is 44.9 Å². The fourth-order valence-corrected chi connectivity index (χ4v) is 1.99. The number of aromatic hydroxyl groups is 1. The van der Waals surface area contributed by atoms with Gasteiger partial charge in [-0.05, 0) is 24.5 Å². The van der Waals surface area contributed by atoms with Crippen molar-refractivity contribution in [2.45, 2.75) is 58.3 Å². The molecular weight excluding hydrogens is 380 g/mol. The molecule has 0 aliphatic carbocycles. The van der Waals surface area contributed by atoms with Crippen molar-refractivity contribution >= 4 is 0 Å². The van der Waals surface area contributed by atoms with Gasteiger partial charge in [-0.1, -0.05) is 63.6 Å². The van der Waals surface area contributed by atoms with Gasteiger partial charge in [0.15, 0.2) is 0 Å². The van der Waals surface area contributed by atoms with Gasteiger partial charge in [-0.3, -0.25) is 0 Å². The molecule has 1 nitrogen and oxygen atoms in total. The van der Waals surface area contributed by atoms with E-state index in [9.17, 15) is 5.11 Å². The normalized spacial score (nSPS) is 9.94. The number of phenolic OH excluding ortho intramolecular Hbond substituents is 1. The average molecular weight is 404 g/mol. The van der Waals surface area contributed by atoms with Gasteiger partial charge >= 0.3 is 0 Å². The molecule has 0 aromatic heterocycles. The molecule has 0 unspecified atom stereocenters. The Morgan fingerprint density at radius 2 is 1.47 bits per heavy atom. The molecule has 2 heteroatoms. The van der Waals surface area contributed by atoms with Crippen molar-refractivity contribution in [1.82, 2.24) is 0 Å². The third-order valence-corrected chi connectivity index (χ3v) is 3.04. The summed E-state index contributed by atoms with van der Waals surface area (Å²) in [4.78, 5) is 0. The second-order valence-electron chi connectivity index (χ2n) is 4.50. The van der Waals surface area contributed by atoms with Gasteiger partial charge in [0.1, 0.15) is 5.75 Å². The maximum atomic E-state index is 9.58. The molecule has 0 fully saturated rings. The van der Waals surface area contributed by atoms with Crippen LogP contribution in [0.4, 0.5) is 0 Å². The molecule has 0 spiro atoms. The van der Waals surface area contributed by atoms with Crippen molar-refractivity contribution in [3.63, 3.8) is 0 Å². The standard InChI is InChI=1S/C15H24O.W/c1-2-3-4-5-6-7-8-11-14-12-9-10-13-15(14)16;/h9-10,12-13,16H,2-8,11H2,1H3;.